The van der Waals surface area contributed by atoms with E-state index in [-0.39, 0.29) is 28.5 Å². The van der Waals surface area contributed by atoms with Crippen LogP contribution in [0.4, 0.5) is 5.69 Å². The summed E-state index contributed by atoms with van der Waals surface area (Å²) < 4.78 is 16.4. The second-order valence-corrected chi connectivity index (χ2v) is 7.66. The molecule has 172 valence electrons. The van der Waals surface area contributed by atoms with Gasteiger partial charge in [-0.3, -0.25) is 4.79 Å². The fourth-order valence-corrected chi connectivity index (χ4v) is 3.66. The van der Waals surface area contributed by atoms with E-state index in [2.05, 4.69) is 15.5 Å². The number of hydrogen-bond acceptors (Lipinski definition) is 9. The summed E-state index contributed by atoms with van der Waals surface area (Å²) in [4.78, 5) is 36.3. The van der Waals surface area contributed by atoms with Gasteiger partial charge in [0.05, 0.1) is 38.2 Å². The Balaban J connectivity index is 1.71. The highest BCUT2D eigenvalue weighted by Gasteiger charge is 2.17. The topological polar surface area (TPSA) is 122 Å². The molecule has 0 spiro atoms. The quantitative estimate of drug-likeness (QED) is 0.391. The lowest BCUT2D eigenvalue weighted by molar-refractivity contribution is -0.113. The third-order valence-corrected chi connectivity index (χ3v) is 5.57. The molecule has 0 aliphatic heterocycles. The molecule has 3 rings (SSSR count). The molecule has 0 fully saturated rings. The minimum atomic E-state index is -0.644. The van der Waals surface area contributed by atoms with Crippen molar-refractivity contribution in [2.75, 3.05) is 32.4 Å². The SMILES string of the molecule is COC(=O)c1cc(NC(=O)CSc2nnc(-c3cccc(OC)c3)n2C)cc(C(=O)OC)c1. The van der Waals surface area contributed by atoms with E-state index in [1.165, 1.54) is 44.2 Å². The van der Waals surface area contributed by atoms with E-state index in [9.17, 15) is 14.4 Å². The van der Waals surface area contributed by atoms with Crippen molar-refractivity contribution in [3.8, 4) is 17.1 Å². The van der Waals surface area contributed by atoms with Crippen molar-refractivity contribution in [1.82, 2.24) is 14.8 Å². The van der Waals surface area contributed by atoms with Gasteiger partial charge in [0, 0.05) is 18.3 Å². The Morgan fingerprint density at radius 3 is 2.24 bits per heavy atom. The van der Waals surface area contributed by atoms with E-state index in [1.54, 1.807) is 18.7 Å². The average molecular weight is 471 g/mol. The van der Waals surface area contributed by atoms with Gasteiger partial charge in [-0.15, -0.1) is 10.2 Å². The number of ether oxygens (including phenoxy) is 3. The number of benzene rings is 2. The molecule has 11 heteroatoms. The van der Waals surface area contributed by atoms with Crippen molar-refractivity contribution >= 4 is 35.3 Å². The summed E-state index contributed by atoms with van der Waals surface area (Å²) in [6.07, 6.45) is 0. The lowest BCUT2D eigenvalue weighted by Gasteiger charge is -2.09. The van der Waals surface area contributed by atoms with E-state index < -0.39 is 11.9 Å². The number of amides is 1. The maximum Gasteiger partial charge on any atom is 0.337 e. The monoisotopic (exact) mass is 470 g/mol. The van der Waals surface area contributed by atoms with E-state index in [0.717, 1.165) is 5.56 Å². The number of anilines is 1. The zero-order valence-electron chi connectivity index (χ0n) is 18.4. The Hall–Kier alpha value is -3.86. The van der Waals surface area contributed by atoms with Crippen LogP contribution in [0.25, 0.3) is 11.4 Å². The summed E-state index contributed by atoms with van der Waals surface area (Å²) in [6, 6.07) is 11.6. The number of nitrogens with zero attached hydrogens (tertiary/aromatic N) is 3. The maximum atomic E-state index is 12.5. The smallest absolute Gasteiger partial charge is 0.337 e. The van der Waals surface area contributed by atoms with Crippen LogP contribution in [0.2, 0.25) is 0 Å². The molecule has 0 aliphatic carbocycles. The maximum absolute atomic E-state index is 12.5. The third-order valence-electron chi connectivity index (χ3n) is 4.55. The highest BCUT2D eigenvalue weighted by Crippen LogP contribution is 2.25. The van der Waals surface area contributed by atoms with Crippen molar-refractivity contribution < 1.29 is 28.6 Å². The first kappa shape index (κ1) is 23.8. The van der Waals surface area contributed by atoms with Crippen molar-refractivity contribution in [1.29, 1.82) is 0 Å². The molecule has 1 amide bonds. The van der Waals surface area contributed by atoms with Gasteiger partial charge in [0.1, 0.15) is 5.75 Å². The van der Waals surface area contributed by atoms with Crippen LogP contribution in [0, 0.1) is 0 Å². The van der Waals surface area contributed by atoms with Crippen molar-refractivity contribution in [3.63, 3.8) is 0 Å². The minimum Gasteiger partial charge on any atom is -0.497 e. The molecule has 0 saturated carbocycles. The van der Waals surface area contributed by atoms with Crippen LogP contribution in [0.15, 0.2) is 47.6 Å². The second-order valence-electron chi connectivity index (χ2n) is 6.72. The van der Waals surface area contributed by atoms with Gasteiger partial charge in [0.25, 0.3) is 0 Å². The first-order valence-corrected chi connectivity index (χ1v) is 10.6. The van der Waals surface area contributed by atoms with Crippen LogP contribution < -0.4 is 10.1 Å². The Kier molecular flexibility index (Phi) is 7.67. The standard InChI is InChI=1S/C22H22N4O6S/c1-26-19(13-6-5-7-17(11-13)30-2)24-25-22(26)33-12-18(27)23-16-9-14(20(28)31-3)8-15(10-16)21(29)32-4/h5-11H,12H2,1-4H3,(H,23,27). The molecule has 2 aromatic carbocycles. The van der Waals surface area contributed by atoms with Crippen LogP contribution in [0.1, 0.15) is 20.7 Å². The summed E-state index contributed by atoms with van der Waals surface area (Å²) in [5, 5.41) is 11.6. The lowest BCUT2D eigenvalue weighted by atomic mass is 10.1. The molecule has 0 saturated heterocycles. The number of hydrogen-bond donors (Lipinski definition) is 1. The number of aromatic nitrogens is 3. The molecule has 0 aliphatic rings. The van der Waals surface area contributed by atoms with Crippen molar-refractivity contribution in [3.05, 3.63) is 53.6 Å². The minimum absolute atomic E-state index is 0.0279. The first-order valence-electron chi connectivity index (χ1n) is 9.64. The zero-order valence-corrected chi connectivity index (χ0v) is 19.3. The van der Waals surface area contributed by atoms with E-state index in [4.69, 9.17) is 14.2 Å². The third kappa shape index (κ3) is 5.69. The van der Waals surface area contributed by atoms with Gasteiger partial charge < -0.3 is 24.1 Å². The Labute approximate surface area is 194 Å². The zero-order chi connectivity index (χ0) is 24.0. The fourth-order valence-electron chi connectivity index (χ4n) is 2.95. The summed E-state index contributed by atoms with van der Waals surface area (Å²) in [6.45, 7) is 0. The molecule has 1 aromatic heterocycles. The van der Waals surface area contributed by atoms with Gasteiger partial charge in [0.15, 0.2) is 11.0 Å². The van der Waals surface area contributed by atoms with Gasteiger partial charge in [0.2, 0.25) is 5.91 Å². The fraction of sp³-hybridized carbons (Fsp3) is 0.227. The molecule has 10 nitrogen and oxygen atoms in total. The Morgan fingerprint density at radius 1 is 0.970 bits per heavy atom. The first-order chi connectivity index (χ1) is 15.9. The van der Waals surface area contributed by atoms with Gasteiger partial charge >= 0.3 is 11.9 Å². The largest absolute Gasteiger partial charge is 0.497 e. The van der Waals surface area contributed by atoms with Gasteiger partial charge in [-0.1, -0.05) is 23.9 Å². The highest BCUT2D eigenvalue weighted by molar-refractivity contribution is 7.99. The predicted molar refractivity (Wildman–Crippen MR) is 121 cm³/mol. The molecule has 33 heavy (non-hydrogen) atoms. The molecule has 1 heterocycles. The Morgan fingerprint density at radius 2 is 1.64 bits per heavy atom. The van der Waals surface area contributed by atoms with E-state index in [1.807, 2.05) is 24.3 Å². The summed E-state index contributed by atoms with van der Waals surface area (Å²) in [5.41, 5.74) is 1.31. The summed E-state index contributed by atoms with van der Waals surface area (Å²) >= 11 is 1.19. The van der Waals surface area contributed by atoms with Crippen molar-refractivity contribution in [2.45, 2.75) is 5.16 Å². The molecule has 0 radical (unpaired) electrons. The number of carbonyl (C=O) groups is 3. The molecule has 0 unspecified atom stereocenters. The second kappa shape index (κ2) is 10.6. The number of esters is 2. The molecule has 0 bridgehead atoms. The van der Waals surface area contributed by atoms with E-state index in [0.29, 0.717) is 16.7 Å². The normalized spacial score (nSPS) is 10.4. The highest BCUT2D eigenvalue weighted by atomic mass is 32.2. The number of rotatable bonds is 8. The number of methoxy groups -OCH3 is 3. The van der Waals surface area contributed by atoms with Crippen molar-refractivity contribution in [2.24, 2.45) is 7.05 Å². The summed E-state index contributed by atoms with van der Waals surface area (Å²) in [7, 11) is 5.84. The molecular formula is C22H22N4O6S. The molecule has 0 atom stereocenters. The van der Waals surface area contributed by atoms with Crippen LogP contribution >= 0.6 is 11.8 Å². The number of carbonyl (C=O) groups excluding carboxylic acids is 3. The van der Waals surface area contributed by atoms with E-state index >= 15 is 0 Å². The average Bonchev–Trinajstić information content (AvgIpc) is 3.21. The van der Waals surface area contributed by atoms with Crippen LogP contribution in [0.3, 0.4) is 0 Å². The summed E-state index contributed by atoms with van der Waals surface area (Å²) in [5.74, 6) is -0.289. The van der Waals surface area contributed by atoms with Gasteiger partial charge in [-0.2, -0.15) is 0 Å². The van der Waals surface area contributed by atoms with Crippen LogP contribution in [-0.2, 0) is 21.3 Å². The molecular weight excluding hydrogens is 448 g/mol. The van der Waals surface area contributed by atoms with Crippen LogP contribution in [-0.4, -0.2) is 59.7 Å². The molecule has 1 N–H and O–H groups in total. The Bertz CT molecular complexity index is 1160. The van der Waals surface area contributed by atoms with Gasteiger partial charge in [-0.25, -0.2) is 9.59 Å². The van der Waals surface area contributed by atoms with Crippen LogP contribution in [0.5, 0.6) is 5.75 Å². The molecule has 3 aromatic rings. The number of nitrogens with one attached hydrogen (secondary N) is 1. The van der Waals surface area contributed by atoms with Gasteiger partial charge in [-0.05, 0) is 30.3 Å². The predicted octanol–water partition coefficient (Wildman–Crippen LogP) is 2.79. The lowest BCUT2D eigenvalue weighted by Crippen LogP contribution is -2.16. The number of thioether (sulfide) groups is 1.